The Morgan fingerprint density at radius 3 is 2.36 bits per heavy atom. The lowest BCUT2D eigenvalue weighted by molar-refractivity contribution is 0.290. The molecule has 0 spiro atoms. The predicted molar refractivity (Wildman–Crippen MR) is 60.0 cm³/mol. The highest BCUT2D eigenvalue weighted by atomic mass is 32.1. The van der Waals surface area contributed by atoms with E-state index >= 15 is 0 Å². The molecule has 0 aliphatic heterocycles. The summed E-state index contributed by atoms with van der Waals surface area (Å²) in [6.45, 7) is 8.17. The van der Waals surface area contributed by atoms with Gasteiger partial charge in [0.2, 0.25) is 0 Å². The van der Waals surface area contributed by atoms with Crippen LogP contribution in [0.4, 0.5) is 0 Å². The summed E-state index contributed by atoms with van der Waals surface area (Å²) in [5.74, 6) is 0.685. The van der Waals surface area contributed by atoms with Gasteiger partial charge in [0.05, 0.1) is 0 Å². The molecule has 0 fully saturated rings. The first-order valence-corrected chi connectivity index (χ1v) is 5.07. The fourth-order valence-corrected chi connectivity index (χ4v) is 2.18. The van der Waals surface area contributed by atoms with E-state index in [0.717, 1.165) is 6.42 Å². The number of rotatable bonds is 3. The van der Waals surface area contributed by atoms with Gasteiger partial charge in [0.15, 0.2) is 0 Å². The van der Waals surface area contributed by atoms with Crippen molar-refractivity contribution < 1.29 is 4.52 Å². The Hall–Kier alpha value is -0.640. The molecular formula is C10H17NO2S. The molecule has 0 bridgehead atoms. The van der Waals surface area contributed by atoms with Crippen molar-refractivity contribution in [1.29, 1.82) is 0 Å². The minimum absolute atomic E-state index is 0.0840. The van der Waals surface area contributed by atoms with Crippen LogP contribution in [0.25, 0.3) is 0 Å². The van der Waals surface area contributed by atoms with Gasteiger partial charge in [-0.25, -0.2) is 0 Å². The Morgan fingerprint density at radius 1 is 1.43 bits per heavy atom. The quantitative estimate of drug-likeness (QED) is 0.760. The second-order valence-electron chi connectivity index (χ2n) is 4.95. The molecular weight excluding hydrogens is 198 g/mol. The summed E-state index contributed by atoms with van der Waals surface area (Å²) >= 11 is 4.48. The van der Waals surface area contributed by atoms with E-state index < -0.39 is 0 Å². The van der Waals surface area contributed by atoms with Crippen molar-refractivity contribution in [3.05, 3.63) is 22.2 Å². The van der Waals surface area contributed by atoms with Crippen LogP contribution in [0.1, 0.15) is 39.9 Å². The van der Waals surface area contributed by atoms with Crippen LogP contribution < -0.4 is 5.56 Å². The molecule has 0 aromatic carbocycles. The standard InChI is InChI=1S/C10H17NO2S/c1-9(2,6-10(3,4)14)7-5-8(12)11-13-7/h5,14H,6H2,1-4H3,(H,11,12). The fourth-order valence-electron chi connectivity index (χ4n) is 1.79. The minimum Gasteiger partial charge on any atom is -0.383 e. The molecule has 0 unspecified atom stereocenters. The summed E-state index contributed by atoms with van der Waals surface area (Å²) in [5, 5.41) is 2.30. The number of thiol groups is 1. The first-order valence-electron chi connectivity index (χ1n) is 4.62. The number of hydrogen-bond donors (Lipinski definition) is 2. The minimum atomic E-state index is -0.190. The van der Waals surface area contributed by atoms with Crippen LogP contribution in [0.2, 0.25) is 0 Å². The van der Waals surface area contributed by atoms with E-state index in [1.54, 1.807) is 0 Å². The van der Waals surface area contributed by atoms with Gasteiger partial charge in [-0.15, -0.1) is 0 Å². The Bertz CT molecular complexity index is 357. The number of H-pyrrole nitrogens is 1. The Labute approximate surface area is 89.3 Å². The summed E-state index contributed by atoms with van der Waals surface area (Å²) in [7, 11) is 0. The summed E-state index contributed by atoms with van der Waals surface area (Å²) in [4.78, 5) is 10.9. The predicted octanol–water partition coefficient (Wildman–Crippen LogP) is 2.34. The molecule has 1 rings (SSSR count). The summed E-state index contributed by atoms with van der Waals surface area (Å²) in [5.41, 5.74) is -0.366. The molecule has 0 amide bonds. The van der Waals surface area contributed by atoms with Crippen molar-refractivity contribution in [2.45, 2.75) is 44.3 Å². The lowest BCUT2D eigenvalue weighted by Gasteiger charge is -2.29. The average molecular weight is 215 g/mol. The van der Waals surface area contributed by atoms with Gasteiger partial charge in [-0.3, -0.25) is 4.79 Å². The molecule has 0 atom stereocenters. The number of nitrogens with one attached hydrogen (secondary N) is 1. The first-order chi connectivity index (χ1) is 6.21. The molecule has 0 aliphatic carbocycles. The van der Waals surface area contributed by atoms with Crippen molar-refractivity contribution in [1.82, 2.24) is 5.16 Å². The highest BCUT2D eigenvalue weighted by Crippen LogP contribution is 2.34. The summed E-state index contributed by atoms with van der Waals surface area (Å²) in [6.07, 6.45) is 0.837. The van der Waals surface area contributed by atoms with Crippen LogP contribution in [-0.4, -0.2) is 9.90 Å². The van der Waals surface area contributed by atoms with Crippen LogP contribution in [0, 0.1) is 0 Å². The summed E-state index contributed by atoms with van der Waals surface area (Å²) < 4.78 is 5.02. The fraction of sp³-hybridized carbons (Fsp3) is 0.700. The molecule has 1 aromatic heterocycles. The molecule has 0 radical (unpaired) electrons. The van der Waals surface area contributed by atoms with Crippen molar-refractivity contribution in [3.8, 4) is 0 Å². The lowest BCUT2D eigenvalue weighted by atomic mass is 9.81. The Morgan fingerprint density at radius 2 is 2.00 bits per heavy atom. The van der Waals surface area contributed by atoms with E-state index in [-0.39, 0.29) is 15.7 Å². The van der Waals surface area contributed by atoms with E-state index in [1.165, 1.54) is 6.07 Å². The third kappa shape index (κ3) is 2.94. The van der Waals surface area contributed by atoms with Gasteiger partial charge < -0.3 is 4.52 Å². The highest BCUT2D eigenvalue weighted by Gasteiger charge is 2.31. The third-order valence-corrected chi connectivity index (χ3v) is 2.22. The molecule has 0 aliphatic rings. The maximum atomic E-state index is 10.9. The molecule has 1 aromatic rings. The van der Waals surface area contributed by atoms with Gasteiger partial charge in [0, 0.05) is 16.2 Å². The zero-order valence-corrected chi connectivity index (χ0v) is 9.94. The normalized spacial score (nSPS) is 13.2. The monoisotopic (exact) mass is 215 g/mol. The smallest absolute Gasteiger partial charge is 0.280 e. The zero-order valence-electron chi connectivity index (χ0n) is 9.05. The average Bonchev–Trinajstić information content (AvgIpc) is 2.29. The largest absolute Gasteiger partial charge is 0.383 e. The van der Waals surface area contributed by atoms with Crippen molar-refractivity contribution in [3.63, 3.8) is 0 Å². The van der Waals surface area contributed by atoms with Gasteiger partial charge in [-0.1, -0.05) is 27.7 Å². The van der Waals surface area contributed by atoms with Gasteiger partial charge in [-0.05, 0) is 6.42 Å². The van der Waals surface area contributed by atoms with Crippen molar-refractivity contribution >= 4 is 12.6 Å². The van der Waals surface area contributed by atoms with Gasteiger partial charge >= 0.3 is 0 Å². The van der Waals surface area contributed by atoms with Gasteiger partial charge in [-0.2, -0.15) is 17.8 Å². The van der Waals surface area contributed by atoms with E-state index in [4.69, 9.17) is 4.52 Å². The second-order valence-corrected chi connectivity index (χ2v) is 6.16. The van der Waals surface area contributed by atoms with E-state index in [1.807, 2.05) is 27.7 Å². The SMILES string of the molecule is CC(C)(S)CC(C)(C)c1cc(=O)[nH]o1. The van der Waals surface area contributed by atoms with Gasteiger partial charge in [0.25, 0.3) is 5.56 Å². The topological polar surface area (TPSA) is 46.0 Å². The first kappa shape index (κ1) is 11.4. The van der Waals surface area contributed by atoms with E-state index in [2.05, 4.69) is 17.8 Å². The van der Waals surface area contributed by atoms with Crippen molar-refractivity contribution in [2.75, 3.05) is 0 Å². The molecule has 80 valence electrons. The molecule has 1 heterocycles. The highest BCUT2D eigenvalue weighted by molar-refractivity contribution is 7.81. The van der Waals surface area contributed by atoms with Gasteiger partial charge in [0.1, 0.15) is 5.76 Å². The third-order valence-electron chi connectivity index (χ3n) is 2.07. The molecule has 0 saturated carbocycles. The van der Waals surface area contributed by atoms with Crippen LogP contribution in [0.3, 0.4) is 0 Å². The molecule has 1 N–H and O–H groups in total. The van der Waals surface area contributed by atoms with Crippen LogP contribution in [0.5, 0.6) is 0 Å². The van der Waals surface area contributed by atoms with Crippen LogP contribution in [-0.2, 0) is 5.41 Å². The van der Waals surface area contributed by atoms with Crippen molar-refractivity contribution in [2.24, 2.45) is 0 Å². The summed E-state index contributed by atoms with van der Waals surface area (Å²) in [6, 6.07) is 1.50. The molecule has 3 nitrogen and oxygen atoms in total. The van der Waals surface area contributed by atoms with E-state index in [9.17, 15) is 4.79 Å². The number of aromatic nitrogens is 1. The van der Waals surface area contributed by atoms with Crippen LogP contribution in [0.15, 0.2) is 15.4 Å². The number of aromatic amines is 1. The Kier molecular flexibility index (Phi) is 2.86. The molecule has 0 saturated heterocycles. The maximum absolute atomic E-state index is 10.9. The zero-order chi connectivity index (χ0) is 11.0. The van der Waals surface area contributed by atoms with Crippen LogP contribution >= 0.6 is 12.6 Å². The molecule has 4 heteroatoms. The molecule has 14 heavy (non-hydrogen) atoms. The maximum Gasteiger partial charge on any atom is 0.280 e. The lowest BCUT2D eigenvalue weighted by Crippen LogP contribution is -2.27. The van der Waals surface area contributed by atoms with E-state index in [0.29, 0.717) is 5.76 Å². The Balaban J connectivity index is 2.91. The second kappa shape index (κ2) is 3.50. The number of hydrogen-bond acceptors (Lipinski definition) is 3.